The quantitative estimate of drug-likeness (QED) is 0.525. The molecule has 0 radical (unpaired) electrons. The highest BCUT2D eigenvalue weighted by Gasteiger charge is 2.30. The minimum absolute atomic E-state index is 0.174. The zero-order chi connectivity index (χ0) is 18.8. The molecule has 1 unspecified atom stereocenters. The number of aromatic nitrogens is 2. The molecule has 0 aliphatic carbocycles. The van der Waals surface area contributed by atoms with Crippen LogP contribution in [0.3, 0.4) is 0 Å². The molecule has 140 valence electrons. The first kappa shape index (κ1) is 18.6. The van der Waals surface area contributed by atoms with Crippen LogP contribution in [0.1, 0.15) is 29.3 Å². The van der Waals surface area contributed by atoms with Gasteiger partial charge in [0, 0.05) is 28.8 Å². The summed E-state index contributed by atoms with van der Waals surface area (Å²) in [4.78, 5) is 20.6. The number of rotatable bonds is 5. The number of amides is 1. The number of thiophene rings is 1. The Kier molecular flexibility index (Phi) is 5.57. The maximum atomic E-state index is 12.9. The Bertz CT molecular complexity index is 939. The summed E-state index contributed by atoms with van der Waals surface area (Å²) < 4.78 is 2.00. The largest absolute Gasteiger partial charge is 0.334 e. The van der Waals surface area contributed by atoms with E-state index in [0.717, 1.165) is 40.8 Å². The number of carbonyl (C=O) groups excluding carboxylic acids is 1. The van der Waals surface area contributed by atoms with E-state index in [1.54, 1.807) is 17.5 Å². The highest BCUT2D eigenvalue weighted by atomic mass is 35.5. The van der Waals surface area contributed by atoms with Crippen LogP contribution in [0, 0.1) is 6.92 Å². The summed E-state index contributed by atoms with van der Waals surface area (Å²) in [5.74, 6) is 0.562. The van der Waals surface area contributed by atoms with Crippen LogP contribution in [-0.2, 0) is 4.79 Å². The Hall–Kier alpha value is -1.76. The summed E-state index contributed by atoms with van der Waals surface area (Å²) >= 11 is 9.47. The molecule has 0 N–H and O–H groups in total. The predicted octanol–water partition coefficient (Wildman–Crippen LogP) is 5.35. The van der Waals surface area contributed by atoms with E-state index in [1.807, 2.05) is 40.8 Å². The standard InChI is InChI=1S/C20H20ClN3OS2/c1-14-15(21)5-2-6-16(14)24-11-9-22-20(24)27-13-19(25)23-10-3-7-17(23)18-8-4-12-26-18/h2,4-6,8-9,11-12,17H,3,7,10,13H2,1H3. The van der Waals surface area contributed by atoms with Gasteiger partial charge in [-0.15, -0.1) is 11.3 Å². The lowest BCUT2D eigenvalue weighted by atomic mass is 10.2. The molecule has 7 heteroatoms. The van der Waals surface area contributed by atoms with Gasteiger partial charge in [-0.25, -0.2) is 4.98 Å². The fourth-order valence-electron chi connectivity index (χ4n) is 3.49. The molecule has 1 atom stereocenters. The van der Waals surface area contributed by atoms with Crippen LogP contribution in [0.4, 0.5) is 0 Å². The monoisotopic (exact) mass is 417 g/mol. The SMILES string of the molecule is Cc1c(Cl)cccc1-n1ccnc1SCC(=O)N1CCCC1c1cccs1. The zero-order valence-corrected chi connectivity index (χ0v) is 17.4. The van der Waals surface area contributed by atoms with E-state index in [-0.39, 0.29) is 11.9 Å². The lowest BCUT2D eigenvalue weighted by molar-refractivity contribution is -0.129. The van der Waals surface area contributed by atoms with Gasteiger partial charge in [-0.2, -0.15) is 0 Å². The number of nitrogens with zero attached hydrogens (tertiary/aromatic N) is 3. The molecule has 4 rings (SSSR count). The van der Waals surface area contributed by atoms with E-state index >= 15 is 0 Å². The van der Waals surface area contributed by atoms with Gasteiger partial charge in [-0.05, 0) is 48.9 Å². The Balaban J connectivity index is 1.48. The fourth-order valence-corrected chi connectivity index (χ4v) is 5.38. The normalized spacial score (nSPS) is 16.8. The van der Waals surface area contributed by atoms with Crippen molar-refractivity contribution in [2.45, 2.75) is 31.0 Å². The van der Waals surface area contributed by atoms with E-state index in [4.69, 9.17) is 11.6 Å². The molecule has 3 aromatic rings. The molecule has 1 aliphatic rings. The summed E-state index contributed by atoms with van der Waals surface area (Å²) in [7, 11) is 0. The molecular weight excluding hydrogens is 398 g/mol. The van der Waals surface area contributed by atoms with E-state index in [9.17, 15) is 4.79 Å². The van der Waals surface area contributed by atoms with Gasteiger partial charge in [-0.3, -0.25) is 9.36 Å². The molecule has 1 saturated heterocycles. The lowest BCUT2D eigenvalue weighted by Gasteiger charge is -2.23. The lowest BCUT2D eigenvalue weighted by Crippen LogP contribution is -2.31. The molecule has 2 aromatic heterocycles. The van der Waals surface area contributed by atoms with Gasteiger partial charge in [0.25, 0.3) is 0 Å². The zero-order valence-electron chi connectivity index (χ0n) is 15.0. The molecule has 3 heterocycles. The van der Waals surface area contributed by atoms with Crippen LogP contribution in [0.5, 0.6) is 0 Å². The first-order valence-electron chi connectivity index (χ1n) is 8.89. The first-order valence-corrected chi connectivity index (χ1v) is 11.1. The molecule has 1 aromatic carbocycles. The van der Waals surface area contributed by atoms with Crippen molar-refractivity contribution >= 4 is 40.6 Å². The average molecular weight is 418 g/mol. The average Bonchev–Trinajstić information content (AvgIpc) is 3.42. The minimum Gasteiger partial charge on any atom is -0.334 e. The van der Waals surface area contributed by atoms with Crippen molar-refractivity contribution in [1.29, 1.82) is 0 Å². The van der Waals surface area contributed by atoms with Crippen LogP contribution < -0.4 is 0 Å². The predicted molar refractivity (Wildman–Crippen MR) is 112 cm³/mol. The number of likely N-dealkylation sites (tertiary alicyclic amines) is 1. The van der Waals surface area contributed by atoms with E-state index in [1.165, 1.54) is 16.6 Å². The van der Waals surface area contributed by atoms with Crippen LogP contribution in [-0.4, -0.2) is 32.7 Å². The number of hydrogen-bond donors (Lipinski definition) is 0. The maximum Gasteiger partial charge on any atom is 0.233 e. The molecule has 1 amide bonds. The number of hydrogen-bond acceptors (Lipinski definition) is 4. The molecule has 1 aliphatic heterocycles. The van der Waals surface area contributed by atoms with Crippen LogP contribution >= 0.6 is 34.7 Å². The second kappa shape index (κ2) is 8.09. The van der Waals surface area contributed by atoms with Gasteiger partial charge in [0.2, 0.25) is 5.91 Å². The van der Waals surface area contributed by atoms with Gasteiger partial charge in [0.05, 0.1) is 17.5 Å². The van der Waals surface area contributed by atoms with Crippen molar-refractivity contribution in [2.24, 2.45) is 0 Å². The summed E-state index contributed by atoms with van der Waals surface area (Å²) in [6, 6.07) is 10.2. The van der Waals surface area contributed by atoms with Crippen molar-refractivity contribution in [3.05, 3.63) is 63.6 Å². The van der Waals surface area contributed by atoms with Crippen LogP contribution in [0.25, 0.3) is 5.69 Å². The molecular formula is C20H20ClN3OS2. The second-order valence-corrected chi connectivity index (χ2v) is 8.84. The van der Waals surface area contributed by atoms with Crippen LogP contribution in [0.2, 0.25) is 5.02 Å². The van der Waals surface area contributed by atoms with Crippen molar-refractivity contribution in [3.8, 4) is 5.69 Å². The molecule has 1 fully saturated rings. The van der Waals surface area contributed by atoms with Crippen molar-refractivity contribution in [1.82, 2.24) is 14.5 Å². The highest BCUT2D eigenvalue weighted by molar-refractivity contribution is 7.99. The highest BCUT2D eigenvalue weighted by Crippen LogP contribution is 2.35. The molecule has 27 heavy (non-hydrogen) atoms. The summed E-state index contributed by atoms with van der Waals surface area (Å²) in [5.41, 5.74) is 2.00. The summed E-state index contributed by atoms with van der Waals surface area (Å²) in [5, 5.41) is 3.61. The number of benzene rings is 1. The van der Waals surface area contributed by atoms with Gasteiger partial charge in [-0.1, -0.05) is 35.5 Å². The number of carbonyl (C=O) groups is 1. The summed E-state index contributed by atoms with van der Waals surface area (Å²) in [6.45, 7) is 2.83. The van der Waals surface area contributed by atoms with Gasteiger partial charge < -0.3 is 4.90 Å². The third-order valence-electron chi connectivity index (χ3n) is 4.87. The Labute approximate surface area is 172 Å². The Morgan fingerprint density at radius 1 is 1.37 bits per heavy atom. The Morgan fingerprint density at radius 3 is 3.07 bits per heavy atom. The maximum absolute atomic E-state index is 12.9. The Morgan fingerprint density at radius 2 is 2.26 bits per heavy atom. The number of imidazole rings is 1. The third-order valence-corrected chi connectivity index (χ3v) is 7.21. The van der Waals surface area contributed by atoms with E-state index in [2.05, 4.69) is 22.5 Å². The van der Waals surface area contributed by atoms with Crippen molar-refractivity contribution < 1.29 is 4.79 Å². The third kappa shape index (κ3) is 3.79. The van der Waals surface area contributed by atoms with E-state index < -0.39 is 0 Å². The second-order valence-electron chi connectivity index (χ2n) is 6.51. The van der Waals surface area contributed by atoms with Gasteiger partial charge >= 0.3 is 0 Å². The molecule has 0 spiro atoms. The van der Waals surface area contributed by atoms with Gasteiger partial charge in [0.15, 0.2) is 5.16 Å². The molecule has 4 nitrogen and oxygen atoms in total. The smallest absolute Gasteiger partial charge is 0.233 e. The fraction of sp³-hybridized carbons (Fsp3) is 0.300. The van der Waals surface area contributed by atoms with Gasteiger partial charge in [0.1, 0.15) is 0 Å². The number of halogens is 1. The van der Waals surface area contributed by atoms with Crippen molar-refractivity contribution in [3.63, 3.8) is 0 Å². The number of thioether (sulfide) groups is 1. The summed E-state index contributed by atoms with van der Waals surface area (Å²) in [6.07, 6.45) is 5.79. The van der Waals surface area contributed by atoms with Crippen molar-refractivity contribution in [2.75, 3.05) is 12.3 Å². The first-order chi connectivity index (χ1) is 13.1. The van der Waals surface area contributed by atoms with E-state index in [0.29, 0.717) is 5.75 Å². The molecule has 0 bridgehead atoms. The topological polar surface area (TPSA) is 38.1 Å². The minimum atomic E-state index is 0.174. The molecule has 0 saturated carbocycles. The van der Waals surface area contributed by atoms with Crippen LogP contribution in [0.15, 0.2) is 53.3 Å².